The molecule has 1 aromatic heterocycles. The topological polar surface area (TPSA) is 62.2 Å². The summed E-state index contributed by atoms with van der Waals surface area (Å²) in [6, 6.07) is 2.89. The Kier molecular flexibility index (Phi) is 3.64. The molecule has 2 N–H and O–H groups in total. The molecule has 0 saturated heterocycles. The van der Waals surface area contributed by atoms with Crippen molar-refractivity contribution in [3.05, 3.63) is 22.8 Å². The Labute approximate surface area is 84.7 Å². The van der Waals surface area contributed by atoms with Crippen molar-refractivity contribution in [3.63, 3.8) is 0 Å². The van der Waals surface area contributed by atoms with Crippen LogP contribution in [0.5, 0.6) is 0 Å². The van der Waals surface area contributed by atoms with E-state index >= 15 is 0 Å². The minimum Gasteiger partial charge on any atom is -0.476 e. The predicted molar refractivity (Wildman–Crippen MR) is 50.7 cm³/mol. The van der Waals surface area contributed by atoms with Crippen molar-refractivity contribution in [1.29, 1.82) is 0 Å². The zero-order chi connectivity index (χ0) is 10.6. The normalized spacial score (nSPS) is 9.86. The molecule has 0 aliphatic heterocycles. The first-order valence-electron chi connectivity index (χ1n) is 3.85. The second kappa shape index (κ2) is 4.76. The SMILES string of the molecule is O=C(O)c1nc(NCCF)ccc1Cl. The molecule has 0 fully saturated rings. The number of aromatic carboxylic acids is 1. The summed E-state index contributed by atoms with van der Waals surface area (Å²) in [4.78, 5) is 14.3. The lowest BCUT2D eigenvalue weighted by Gasteiger charge is -2.04. The Morgan fingerprint density at radius 2 is 2.36 bits per heavy atom. The van der Waals surface area contributed by atoms with Crippen LogP contribution in [0.25, 0.3) is 0 Å². The zero-order valence-corrected chi connectivity index (χ0v) is 7.88. The van der Waals surface area contributed by atoms with Gasteiger partial charge in [0, 0.05) is 6.54 Å². The number of halogens is 2. The molecular formula is C8H8ClFN2O2. The summed E-state index contributed by atoms with van der Waals surface area (Å²) in [5, 5.41) is 11.3. The molecule has 1 rings (SSSR count). The highest BCUT2D eigenvalue weighted by Gasteiger charge is 2.10. The maximum absolute atomic E-state index is 11.8. The second-order valence-electron chi connectivity index (χ2n) is 2.45. The maximum Gasteiger partial charge on any atom is 0.356 e. The first-order chi connectivity index (χ1) is 6.65. The molecule has 0 spiro atoms. The molecule has 0 atom stereocenters. The monoisotopic (exact) mass is 218 g/mol. The van der Waals surface area contributed by atoms with Crippen LogP contribution in [-0.4, -0.2) is 29.3 Å². The van der Waals surface area contributed by atoms with E-state index in [0.29, 0.717) is 5.82 Å². The molecule has 6 heteroatoms. The molecule has 0 saturated carbocycles. The van der Waals surface area contributed by atoms with Gasteiger partial charge in [0.2, 0.25) is 0 Å². The zero-order valence-electron chi connectivity index (χ0n) is 7.13. The van der Waals surface area contributed by atoms with E-state index in [-0.39, 0.29) is 17.3 Å². The first kappa shape index (κ1) is 10.7. The van der Waals surface area contributed by atoms with Crippen LogP contribution in [-0.2, 0) is 0 Å². The van der Waals surface area contributed by atoms with Crippen molar-refractivity contribution in [2.75, 3.05) is 18.5 Å². The number of carbonyl (C=O) groups is 1. The quantitative estimate of drug-likeness (QED) is 0.809. The predicted octanol–water partition coefficient (Wildman–Crippen LogP) is 1.81. The summed E-state index contributed by atoms with van der Waals surface area (Å²) in [5.74, 6) is -0.914. The Bertz CT molecular complexity index is 346. The van der Waals surface area contributed by atoms with Crippen molar-refractivity contribution in [2.24, 2.45) is 0 Å². The number of carboxylic acids is 1. The number of carboxylic acid groups (broad SMARTS) is 1. The summed E-state index contributed by atoms with van der Waals surface area (Å²) >= 11 is 5.58. The Hall–Kier alpha value is -1.36. The standard InChI is InChI=1S/C8H8ClFN2O2/c9-5-1-2-6(11-4-3-10)12-7(5)8(13)14/h1-2H,3-4H2,(H,11,12)(H,13,14). The van der Waals surface area contributed by atoms with E-state index in [4.69, 9.17) is 16.7 Å². The van der Waals surface area contributed by atoms with Gasteiger partial charge in [0.05, 0.1) is 5.02 Å². The number of anilines is 1. The van der Waals surface area contributed by atoms with E-state index in [0.717, 1.165) is 0 Å². The highest BCUT2D eigenvalue weighted by Crippen LogP contribution is 2.16. The summed E-state index contributed by atoms with van der Waals surface area (Å²) in [6.45, 7) is -0.458. The van der Waals surface area contributed by atoms with Gasteiger partial charge in [-0.05, 0) is 12.1 Å². The molecule has 1 heterocycles. The lowest BCUT2D eigenvalue weighted by molar-refractivity contribution is 0.0691. The average Bonchev–Trinajstić information content (AvgIpc) is 2.16. The van der Waals surface area contributed by atoms with Crippen molar-refractivity contribution < 1.29 is 14.3 Å². The fraction of sp³-hybridized carbons (Fsp3) is 0.250. The molecule has 0 radical (unpaired) electrons. The third-order valence-electron chi connectivity index (χ3n) is 1.45. The van der Waals surface area contributed by atoms with Crippen LogP contribution in [0.15, 0.2) is 12.1 Å². The number of rotatable bonds is 4. The Morgan fingerprint density at radius 3 is 2.93 bits per heavy atom. The average molecular weight is 219 g/mol. The number of aromatic nitrogens is 1. The van der Waals surface area contributed by atoms with Gasteiger partial charge in [0.25, 0.3) is 0 Å². The Balaban J connectivity index is 2.89. The van der Waals surface area contributed by atoms with E-state index in [1.165, 1.54) is 12.1 Å². The summed E-state index contributed by atoms with van der Waals surface area (Å²) in [7, 11) is 0. The maximum atomic E-state index is 11.8. The molecule has 0 aliphatic carbocycles. The van der Waals surface area contributed by atoms with Gasteiger partial charge in [-0.2, -0.15) is 0 Å². The largest absolute Gasteiger partial charge is 0.476 e. The molecule has 0 bridgehead atoms. The lowest BCUT2D eigenvalue weighted by atomic mass is 10.3. The van der Waals surface area contributed by atoms with Crippen LogP contribution in [0.4, 0.5) is 10.2 Å². The third-order valence-corrected chi connectivity index (χ3v) is 1.75. The molecule has 0 aliphatic rings. The van der Waals surface area contributed by atoms with Crippen molar-refractivity contribution >= 4 is 23.4 Å². The summed E-state index contributed by atoms with van der Waals surface area (Å²) < 4.78 is 11.8. The van der Waals surface area contributed by atoms with Crippen LogP contribution in [0.1, 0.15) is 10.5 Å². The first-order valence-corrected chi connectivity index (χ1v) is 4.22. The van der Waals surface area contributed by atoms with Crippen LogP contribution in [0, 0.1) is 0 Å². The van der Waals surface area contributed by atoms with Gasteiger partial charge in [0.15, 0.2) is 5.69 Å². The highest BCUT2D eigenvalue weighted by atomic mass is 35.5. The smallest absolute Gasteiger partial charge is 0.356 e. The molecule has 4 nitrogen and oxygen atoms in total. The van der Waals surface area contributed by atoms with Crippen LogP contribution < -0.4 is 5.32 Å². The highest BCUT2D eigenvalue weighted by molar-refractivity contribution is 6.33. The molecule has 0 unspecified atom stereocenters. The number of nitrogens with zero attached hydrogens (tertiary/aromatic N) is 1. The Morgan fingerprint density at radius 1 is 1.64 bits per heavy atom. The van der Waals surface area contributed by atoms with Crippen LogP contribution in [0.2, 0.25) is 5.02 Å². The van der Waals surface area contributed by atoms with Gasteiger partial charge < -0.3 is 10.4 Å². The van der Waals surface area contributed by atoms with Gasteiger partial charge in [0.1, 0.15) is 12.5 Å². The van der Waals surface area contributed by atoms with Crippen LogP contribution >= 0.6 is 11.6 Å². The number of nitrogens with one attached hydrogen (secondary N) is 1. The minimum absolute atomic E-state index is 0.0586. The number of alkyl halides is 1. The van der Waals surface area contributed by atoms with Crippen LogP contribution in [0.3, 0.4) is 0 Å². The molecule has 1 aromatic rings. The molecule has 76 valence electrons. The summed E-state index contributed by atoms with van der Waals surface area (Å²) in [6.07, 6.45) is 0. The number of hydrogen-bond donors (Lipinski definition) is 2. The molecule has 0 aromatic carbocycles. The van der Waals surface area contributed by atoms with E-state index in [9.17, 15) is 9.18 Å². The van der Waals surface area contributed by atoms with E-state index in [1.54, 1.807) is 0 Å². The van der Waals surface area contributed by atoms with E-state index in [1.807, 2.05) is 0 Å². The number of pyridine rings is 1. The van der Waals surface area contributed by atoms with Gasteiger partial charge in [-0.15, -0.1) is 0 Å². The van der Waals surface area contributed by atoms with Crippen molar-refractivity contribution in [1.82, 2.24) is 4.98 Å². The van der Waals surface area contributed by atoms with E-state index < -0.39 is 12.6 Å². The number of hydrogen-bond acceptors (Lipinski definition) is 3. The van der Waals surface area contributed by atoms with Crippen molar-refractivity contribution in [2.45, 2.75) is 0 Å². The second-order valence-corrected chi connectivity index (χ2v) is 2.86. The molecule has 14 heavy (non-hydrogen) atoms. The summed E-state index contributed by atoms with van der Waals surface area (Å²) in [5.41, 5.74) is -0.240. The van der Waals surface area contributed by atoms with Gasteiger partial charge in [-0.25, -0.2) is 14.2 Å². The van der Waals surface area contributed by atoms with Gasteiger partial charge in [-0.1, -0.05) is 11.6 Å². The molecular weight excluding hydrogens is 211 g/mol. The molecule has 0 amide bonds. The van der Waals surface area contributed by atoms with Gasteiger partial charge >= 0.3 is 5.97 Å². The van der Waals surface area contributed by atoms with Crippen molar-refractivity contribution in [3.8, 4) is 0 Å². The van der Waals surface area contributed by atoms with Gasteiger partial charge in [-0.3, -0.25) is 0 Å². The lowest BCUT2D eigenvalue weighted by Crippen LogP contribution is -2.08. The minimum atomic E-state index is -1.21. The fourth-order valence-electron chi connectivity index (χ4n) is 0.866. The third kappa shape index (κ3) is 2.56. The van der Waals surface area contributed by atoms with E-state index in [2.05, 4.69) is 10.3 Å². The fourth-order valence-corrected chi connectivity index (χ4v) is 1.05.